The van der Waals surface area contributed by atoms with Crippen molar-refractivity contribution in [2.75, 3.05) is 5.32 Å². The first-order valence-corrected chi connectivity index (χ1v) is 8.38. The Morgan fingerprint density at radius 3 is 2.39 bits per heavy atom. The number of hydrogen-bond donors (Lipinski definition) is 3. The predicted octanol–water partition coefficient (Wildman–Crippen LogP) is 3.74. The van der Waals surface area contributed by atoms with Crippen molar-refractivity contribution in [3.05, 3.63) is 98.5 Å². The molecule has 1 heterocycles. The zero-order valence-electron chi connectivity index (χ0n) is 14.4. The summed E-state index contributed by atoms with van der Waals surface area (Å²) in [4.78, 5) is 40.2. The standard InChI is InChI=1S/C20H14N4O4/c25-19(12-4-2-1-3-5-12)13-6-8-16(18(10-13)24(27)28)21-14-7-9-15-17(11-14)23-20(26)22-15/h1-11,21H,(H2,22,23,26). The number of nitrogens with zero attached hydrogens (tertiary/aromatic N) is 1. The number of rotatable bonds is 5. The monoisotopic (exact) mass is 374 g/mol. The minimum absolute atomic E-state index is 0.218. The fraction of sp³-hybridized carbons (Fsp3) is 0. The van der Waals surface area contributed by atoms with Crippen LogP contribution in [0.1, 0.15) is 15.9 Å². The van der Waals surface area contributed by atoms with Crippen LogP contribution >= 0.6 is 0 Å². The summed E-state index contributed by atoms with van der Waals surface area (Å²) in [7, 11) is 0. The van der Waals surface area contributed by atoms with Gasteiger partial charge in [-0.3, -0.25) is 14.9 Å². The Morgan fingerprint density at radius 1 is 0.893 bits per heavy atom. The van der Waals surface area contributed by atoms with E-state index in [0.717, 1.165) is 0 Å². The van der Waals surface area contributed by atoms with E-state index in [-0.39, 0.29) is 28.4 Å². The summed E-state index contributed by atoms with van der Waals surface area (Å²) in [5.41, 5.74) is 2.15. The number of H-pyrrole nitrogens is 2. The molecule has 0 aliphatic rings. The molecule has 0 saturated heterocycles. The molecule has 3 aromatic carbocycles. The van der Waals surface area contributed by atoms with Gasteiger partial charge >= 0.3 is 5.69 Å². The number of benzene rings is 3. The predicted molar refractivity (Wildman–Crippen MR) is 105 cm³/mol. The number of aromatic nitrogens is 2. The Bertz CT molecular complexity index is 1260. The third kappa shape index (κ3) is 3.26. The van der Waals surface area contributed by atoms with E-state index in [1.807, 2.05) is 0 Å². The van der Waals surface area contributed by atoms with Gasteiger partial charge in [-0.05, 0) is 30.3 Å². The molecule has 0 aliphatic carbocycles. The molecule has 1 aromatic heterocycles. The molecule has 0 fully saturated rings. The molecule has 0 atom stereocenters. The van der Waals surface area contributed by atoms with E-state index in [0.29, 0.717) is 22.3 Å². The number of nitro benzene ring substituents is 1. The molecule has 28 heavy (non-hydrogen) atoms. The molecule has 0 aliphatic heterocycles. The largest absolute Gasteiger partial charge is 0.350 e. The van der Waals surface area contributed by atoms with Gasteiger partial charge < -0.3 is 15.3 Å². The fourth-order valence-electron chi connectivity index (χ4n) is 2.95. The first-order valence-electron chi connectivity index (χ1n) is 8.38. The number of hydrogen-bond acceptors (Lipinski definition) is 5. The summed E-state index contributed by atoms with van der Waals surface area (Å²) in [6, 6.07) is 17.9. The second-order valence-electron chi connectivity index (χ2n) is 6.15. The van der Waals surface area contributed by atoms with E-state index in [1.54, 1.807) is 54.6 Å². The average Bonchev–Trinajstić information content (AvgIpc) is 3.07. The molecule has 8 heteroatoms. The summed E-state index contributed by atoms with van der Waals surface area (Å²) in [5, 5.41) is 14.5. The zero-order valence-corrected chi connectivity index (χ0v) is 14.4. The van der Waals surface area contributed by atoms with Gasteiger partial charge in [-0.25, -0.2) is 4.79 Å². The first-order chi connectivity index (χ1) is 13.5. The van der Waals surface area contributed by atoms with Crippen molar-refractivity contribution in [1.82, 2.24) is 9.97 Å². The molecule has 8 nitrogen and oxygen atoms in total. The van der Waals surface area contributed by atoms with Crippen LogP contribution in [0.3, 0.4) is 0 Å². The topological polar surface area (TPSA) is 121 Å². The Kier molecular flexibility index (Phi) is 4.21. The lowest BCUT2D eigenvalue weighted by atomic mass is 10.0. The molecule has 0 spiro atoms. The SMILES string of the molecule is O=C(c1ccccc1)c1ccc(Nc2ccc3[nH]c(=O)[nH]c3c2)c([N+](=O)[O-])c1. The van der Waals surface area contributed by atoms with Gasteiger partial charge in [-0.2, -0.15) is 0 Å². The molecule has 138 valence electrons. The summed E-state index contributed by atoms with van der Waals surface area (Å²) < 4.78 is 0. The summed E-state index contributed by atoms with van der Waals surface area (Å²) >= 11 is 0. The maximum Gasteiger partial charge on any atom is 0.323 e. The van der Waals surface area contributed by atoms with Gasteiger partial charge in [0.15, 0.2) is 5.78 Å². The molecule has 0 amide bonds. The minimum atomic E-state index is -0.541. The number of nitro groups is 1. The molecule has 4 rings (SSSR count). The molecular weight excluding hydrogens is 360 g/mol. The smallest absolute Gasteiger partial charge is 0.323 e. The van der Waals surface area contributed by atoms with Gasteiger partial charge in [0.2, 0.25) is 0 Å². The lowest BCUT2D eigenvalue weighted by Gasteiger charge is -2.09. The maximum absolute atomic E-state index is 12.6. The molecule has 0 saturated carbocycles. The van der Waals surface area contributed by atoms with Crippen LogP contribution in [0, 0.1) is 10.1 Å². The highest BCUT2D eigenvalue weighted by Gasteiger charge is 2.19. The van der Waals surface area contributed by atoms with E-state index >= 15 is 0 Å². The van der Waals surface area contributed by atoms with Crippen LogP contribution in [-0.2, 0) is 0 Å². The van der Waals surface area contributed by atoms with E-state index in [1.165, 1.54) is 12.1 Å². The number of aromatic amines is 2. The van der Waals surface area contributed by atoms with E-state index < -0.39 is 4.92 Å². The summed E-state index contributed by atoms with van der Waals surface area (Å²) in [6.45, 7) is 0. The molecule has 3 N–H and O–H groups in total. The highest BCUT2D eigenvalue weighted by atomic mass is 16.6. The van der Waals surface area contributed by atoms with Crippen molar-refractivity contribution in [2.45, 2.75) is 0 Å². The quantitative estimate of drug-likeness (QED) is 0.279. The highest BCUT2D eigenvalue weighted by Crippen LogP contribution is 2.30. The highest BCUT2D eigenvalue weighted by molar-refractivity contribution is 6.09. The Labute approximate surface area is 158 Å². The fourth-order valence-corrected chi connectivity index (χ4v) is 2.95. The Balaban J connectivity index is 1.69. The van der Waals surface area contributed by atoms with Gasteiger partial charge in [0.25, 0.3) is 5.69 Å². The number of imidazole rings is 1. The Morgan fingerprint density at radius 2 is 1.64 bits per heavy atom. The van der Waals surface area contributed by atoms with E-state index in [9.17, 15) is 19.7 Å². The van der Waals surface area contributed by atoms with Crippen LogP contribution in [0.2, 0.25) is 0 Å². The second-order valence-corrected chi connectivity index (χ2v) is 6.15. The van der Waals surface area contributed by atoms with Crippen LogP contribution in [0.4, 0.5) is 17.1 Å². The maximum atomic E-state index is 12.6. The number of fused-ring (bicyclic) bond motifs is 1. The third-order valence-corrected chi connectivity index (χ3v) is 4.29. The van der Waals surface area contributed by atoms with Crippen molar-refractivity contribution < 1.29 is 9.72 Å². The van der Waals surface area contributed by atoms with Gasteiger partial charge in [0, 0.05) is 22.9 Å². The third-order valence-electron chi connectivity index (χ3n) is 4.29. The average molecular weight is 374 g/mol. The molecular formula is C20H14N4O4. The van der Waals surface area contributed by atoms with Crippen LogP contribution in [-0.4, -0.2) is 20.7 Å². The second kappa shape index (κ2) is 6.84. The van der Waals surface area contributed by atoms with Crippen LogP contribution in [0.5, 0.6) is 0 Å². The van der Waals surface area contributed by atoms with Crippen molar-refractivity contribution in [3.8, 4) is 0 Å². The molecule has 4 aromatic rings. The van der Waals surface area contributed by atoms with Gasteiger partial charge in [0.05, 0.1) is 16.0 Å². The minimum Gasteiger partial charge on any atom is -0.350 e. The van der Waals surface area contributed by atoms with Crippen molar-refractivity contribution in [2.24, 2.45) is 0 Å². The lowest BCUT2D eigenvalue weighted by Crippen LogP contribution is -2.04. The van der Waals surface area contributed by atoms with E-state index in [4.69, 9.17) is 0 Å². The Hall–Kier alpha value is -4.20. The van der Waals surface area contributed by atoms with Gasteiger partial charge in [0.1, 0.15) is 5.69 Å². The normalized spacial score (nSPS) is 10.7. The summed E-state index contributed by atoms with van der Waals surface area (Å²) in [6.07, 6.45) is 0. The molecule has 0 radical (unpaired) electrons. The zero-order chi connectivity index (χ0) is 19.7. The van der Waals surface area contributed by atoms with Crippen LogP contribution in [0.25, 0.3) is 11.0 Å². The first kappa shape index (κ1) is 17.2. The molecule has 0 bridgehead atoms. The number of carbonyl (C=O) groups excluding carboxylic acids is 1. The van der Waals surface area contributed by atoms with E-state index in [2.05, 4.69) is 15.3 Å². The van der Waals surface area contributed by atoms with Crippen molar-refractivity contribution in [3.63, 3.8) is 0 Å². The number of carbonyl (C=O) groups is 1. The molecule has 0 unspecified atom stereocenters. The van der Waals surface area contributed by atoms with Crippen LogP contribution in [0.15, 0.2) is 71.5 Å². The van der Waals surface area contributed by atoms with Crippen molar-refractivity contribution in [1.29, 1.82) is 0 Å². The van der Waals surface area contributed by atoms with Crippen LogP contribution < -0.4 is 11.0 Å². The number of anilines is 2. The number of nitrogens with one attached hydrogen (secondary N) is 3. The van der Waals surface area contributed by atoms with Crippen molar-refractivity contribution >= 4 is 33.9 Å². The summed E-state index contributed by atoms with van der Waals surface area (Å²) in [5.74, 6) is -0.290. The number of ketones is 1. The van der Waals surface area contributed by atoms with Gasteiger partial charge in [-0.1, -0.05) is 30.3 Å². The van der Waals surface area contributed by atoms with Gasteiger partial charge in [-0.15, -0.1) is 0 Å². The lowest BCUT2D eigenvalue weighted by molar-refractivity contribution is -0.383.